The lowest BCUT2D eigenvalue weighted by molar-refractivity contribution is 0.00973. The molecule has 3 heterocycles. The maximum absolute atomic E-state index is 15.3. The zero-order chi connectivity index (χ0) is 16.9. The Morgan fingerprint density at radius 2 is 1.96 bits per heavy atom. The lowest BCUT2D eigenvalue weighted by Gasteiger charge is -2.32. The van der Waals surface area contributed by atoms with Crippen molar-refractivity contribution in [1.29, 1.82) is 0 Å². The molecule has 1 fully saturated rings. The first kappa shape index (κ1) is 15.2. The average Bonchev–Trinajstić information content (AvgIpc) is 3.15. The molecule has 1 aliphatic rings. The van der Waals surface area contributed by atoms with Gasteiger partial charge in [0.2, 0.25) is 0 Å². The largest absolute Gasteiger partial charge is 0.344 e. The highest BCUT2D eigenvalue weighted by Gasteiger charge is 2.45. The van der Waals surface area contributed by atoms with E-state index in [1.807, 2.05) is 6.92 Å². The highest BCUT2D eigenvalue weighted by Crippen LogP contribution is 2.44. The van der Waals surface area contributed by atoms with Gasteiger partial charge in [0.1, 0.15) is 23.1 Å². The van der Waals surface area contributed by atoms with E-state index in [0.29, 0.717) is 40.4 Å². The zero-order valence-corrected chi connectivity index (χ0v) is 13.5. The molecule has 3 aromatic heterocycles. The van der Waals surface area contributed by atoms with Crippen LogP contribution in [0.5, 0.6) is 0 Å². The van der Waals surface area contributed by atoms with Gasteiger partial charge >= 0.3 is 0 Å². The van der Waals surface area contributed by atoms with E-state index in [2.05, 4.69) is 30.4 Å². The summed E-state index contributed by atoms with van der Waals surface area (Å²) < 4.78 is 29.7. The Morgan fingerprint density at radius 1 is 1.12 bits per heavy atom. The number of alkyl halides is 2. The molecule has 1 saturated carbocycles. The smallest absolute Gasteiger partial charge is 0.170 e. The third-order valence-corrected chi connectivity index (χ3v) is 4.82. The number of aromatic amines is 2. The standard InChI is InChI=1S/C16H18F2N6/c1-8-12(13-9(2)22-24-23-13)21-15-14(20-8)10(7-19-15)16(18)6-4-3-5-11(16)17/h7,11H,3-6H2,1-2H3,(H,19,21)(H,22,23,24). The quantitative estimate of drug-likeness (QED) is 0.753. The second-order valence-electron chi connectivity index (χ2n) is 6.39. The lowest BCUT2D eigenvalue weighted by atomic mass is 9.80. The molecule has 2 N–H and O–H groups in total. The average molecular weight is 332 g/mol. The Balaban J connectivity index is 1.86. The van der Waals surface area contributed by atoms with Crippen LogP contribution in [0.2, 0.25) is 0 Å². The van der Waals surface area contributed by atoms with Crippen molar-refractivity contribution in [3.8, 4) is 11.4 Å². The summed E-state index contributed by atoms with van der Waals surface area (Å²) in [5.41, 5.74) is 1.59. The minimum atomic E-state index is -2.00. The van der Waals surface area contributed by atoms with Gasteiger partial charge in [-0.15, -0.1) is 0 Å². The number of hydrogen-bond donors (Lipinski definition) is 2. The topological polar surface area (TPSA) is 83.1 Å². The summed E-state index contributed by atoms with van der Waals surface area (Å²) in [5, 5.41) is 10.6. The van der Waals surface area contributed by atoms with E-state index >= 15 is 4.39 Å². The lowest BCUT2D eigenvalue weighted by Crippen LogP contribution is -2.35. The number of aromatic nitrogens is 6. The molecule has 4 rings (SSSR count). The van der Waals surface area contributed by atoms with Crippen molar-refractivity contribution >= 4 is 11.2 Å². The molecule has 0 bridgehead atoms. The fourth-order valence-corrected chi connectivity index (χ4v) is 3.46. The number of rotatable bonds is 2. The number of fused-ring (bicyclic) bond motifs is 1. The Kier molecular flexibility index (Phi) is 3.36. The summed E-state index contributed by atoms with van der Waals surface area (Å²) >= 11 is 0. The maximum atomic E-state index is 15.3. The van der Waals surface area contributed by atoms with Gasteiger partial charge in [0.25, 0.3) is 0 Å². The summed E-state index contributed by atoms with van der Waals surface area (Å²) in [7, 11) is 0. The summed E-state index contributed by atoms with van der Waals surface area (Å²) in [6, 6.07) is 0. The summed E-state index contributed by atoms with van der Waals surface area (Å²) in [4.78, 5) is 12.0. The van der Waals surface area contributed by atoms with Crippen LogP contribution in [-0.4, -0.2) is 36.5 Å². The van der Waals surface area contributed by atoms with Crippen LogP contribution in [0.25, 0.3) is 22.6 Å². The van der Waals surface area contributed by atoms with Crippen LogP contribution < -0.4 is 0 Å². The zero-order valence-electron chi connectivity index (χ0n) is 13.5. The SMILES string of the molecule is Cc1n[nH]nc1-c1nc2[nH]cc(C3(F)CCCCC3F)c2nc1C. The first-order valence-corrected chi connectivity index (χ1v) is 8.07. The molecule has 24 heavy (non-hydrogen) atoms. The van der Waals surface area contributed by atoms with Crippen molar-refractivity contribution in [2.45, 2.75) is 51.4 Å². The van der Waals surface area contributed by atoms with Gasteiger partial charge in [0, 0.05) is 11.8 Å². The Hall–Kier alpha value is -2.38. The Morgan fingerprint density at radius 3 is 2.67 bits per heavy atom. The minimum Gasteiger partial charge on any atom is -0.344 e. The van der Waals surface area contributed by atoms with Crippen molar-refractivity contribution in [3.05, 3.63) is 23.1 Å². The second-order valence-corrected chi connectivity index (χ2v) is 6.39. The molecule has 0 aromatic carbocycles. The van der Waals surface area contributed by atoms with Crippen molar-refractivity contribution in [2.24, 2.45) is 0 Å². The van der Waals surface area contributed by atoms with E-state index in [-0.39, 0.29) is 18.4 Å². The van der Waals surface area contributed by atoms with Gasteiger partial charge in [-0.05, 0) is 33.1 Å². The predicted octanol–water partition coefficient (Wildman–Crippen LogP) is 3.44. The molecule has 0 saturated heterocycles. The molecule has 0 amide bonds. The maximum Gasteiger partial charge on any atom is 0.170 e. The Labute approximate surface area is 137 Å². The van der Waals surface area contributed by atoms with Crippen LogP contribution >= 0.6 is 0 Å². The van der Waals surface area contributed by atoms with Crippen molar-refractivity contribution < 1.29 is 8.78 Å². The molecule has 2 atom stereocenters. The molecular formula is C16H18F2N6. The normalized spacial score (nSPS) is 24.6. The highest BCUT2D eigenvalue weighted by molar-refractivity contribution is 5.79. The number of aryl methyl sites for hydroxylation is 2. The predicted molar refractivity (Wildman–Crippen MR) is 84.9 cm³/mol. The number of nitrogens with one attached hydrogen (secondary N) is 2. The van der Waals surface area contributed by atoms with Gasteiger partial charge < -0.3 is 4.98 Å². The molecule has 126 valence electrons. The van der Waals surface area contributed by atoms with Crippen LogP contribution in [0, 0.1) is 13.8 Å². The van der Waals surface area contributed by atoms with E-state index in [9.17, 15) is 4.39 Å². The summed E-state index contributed by atoms with van der Waals surface area (Å²) in [5.74, 6) is 0. The summed E-state index contributed by atoms with van der Waals surface area (Å²) in [6.45, 7) is 3.60. The van der Waals surface area contributed by atoms with Crippen LogP contribution in [0.15, 0.2) is 6.20 Å². The number of H-pyrrole nitrogens is 2. The van der Waals surface area contributed by atoms with Crippen LogP contribution in [-0.2, 0) is 5.67 Å². The van der Waals surface area contributed by atoms with Crippen LogP contribution in [0.1, 0.15) is 42.6 Å². The Bertz CT molecular complexity index is 901. The van der Waals surface area contributed by atoms with Gasteiger partial charge in [-0.2, -0.15) is 15.4 Å². The molecule has 8 heteroatoms. The fraction of sp³-hybridized carbons (Fsp3) is 0.500. The van der Waals surface area contributed by atoms with Gasteiger partial charge in [0.05, 0.1) is 11.4 Å². The molecular weight excluding hydrogens is 314 g/mol. The second kappa shape index (κ2) is 5.32. The molecule has 2 unspecified atom stereocenters. The number of halogens is 2. The van der Waals surface area contributed by atoms with Gasteiger partial charge in [-0.25, -0.2) is 18.7 Å². The van der Waals surface area contributed by atoms with Gasteiger partial charge in [0.15, 0.2) is 11.3 Å². The number of hydrogen-bond acceptors (Lipinski definition) is 4. The molecule has 3 aromatic rings. The molecule has 1 aliphatic carbocycles. The van der Waals surface area contributed by atoms with Crippen LogP contribution in [0.4, 0.5) is 8.78 Å². The number of nitrogens with zero attached hydrogens (tertiary/aromatic N) is 4. The van der Waals surface area contributed by atoms with Crippen molar-refractivity contribution in [3.63, 3.8) is 0 Å². The third-order valence-electron chi connectivity index (χ3n) is 4.82. The minimum absolute atomic E-state index is 0.173. The van der Waals surface area contributed by atoms with E-state index in [1.165, 1.54) is 6.20 Å². The van der Waals surface area contributed by atoms with E-state index in [0.717, 1.165) is 6.42 Å². The van der Waals surface area contributed by atoms with Crippen molar-refractivity contribution in [2.75, 3.05) is 0 Å². The van der Waals surface area contributed by atoms with E-state index in [4.69, 9.17) is 0 Å². The van der Waals surface area contributed by atoms with Gasteiger partial charge in [-0.3, -0.25) is 0 Å². The fourth-order valence-electron chi connectivity index (χ4n) is 3.46. The highest BCUT2D eigenvalue weighted by atomic mass is 19.2. The first-order valence-electron chi connectivity index (χ1n) is 8.07. The monoisotopic (exact) mass is 332 g/mol. The molecule has 0 radical (unpaired) electrons. The third kappa shape index (κ3) is 2.12. The molecule has 0 spiro atoms. The molecule has 0 aliphatic heterocycles. The van der Waals surface area contributed by atoms with Gasteiger partial charge in [-0.1, -0.05) is 6.42 Å². The molecule has 6 nitrogen and oxygen atoms in total. The first-order chi connectivity index (χ1) is 11.5. The van der Waals surface area contributed by atoms with Crippen LogP contribution in [0.3, 0.4) is 0 Å². The van der Waals surface area contributed by atoms with Crippen molar-refractivity contribution in [1.82, 2.24) is 30.4 Å². The summed E-state index contributed by atoms with van der Waals surface area (Å²) in [6.07, 6.45) is 1.80. The van der Waals surface area contributed by atoms with E-state index in [1.54, 1.807) is 6.92 Å². The van der Waals surface area contributed by atoms with E-state index < -0.39 is 11.8 Å².